The maximum absolute atomic E-state index is 13.6. The highest BCUT2D eigenvalue weighted by atomic mass is 32.2. The number of amidine groups is 1. The number of nitrogens with zero attached hydrogens (tertiary/aromatic N) is 1. The third-order valence-electron chi connectivity index (χ3n) is 6.97. The first-order chi connectivity index (χ1) is 18.8. The molecule has 0 aliphatic carbocycles. The number of nitrogen functional groups attached to an aromatic ring is 1. The molecule has 5 rings (SSSR count). The van der Waals surface area contributed by atoms with E-state index in [0.29, 0.717) is 37.3 Å². The summed E-state index contributed by atoms with van der Waals surface area (Å²) in [5.41, 5.74) is 9.88. The summed E-state index contributed by atoms with van der Waals surface area (Å²) in [6.07, 6.45) is 2.28. The van der Waals surface area contributed by atoms with Crippen LogP contribution in [0.15, 0.2) is 82.7 Å². The molecule has 9 nitrogen and oxygen atoms in total. The molecule has 3 aromatic carbocycles. The Morgan fingerprint density at radius 2 is 1.77 bits per heavy atom. The van der Waals surface area contributed by atoms with Crippen molar-refractivity contribution in [1.29, 1.82) is 5.41 Å². The van der Waals surface area contributed by atoms with Crippen LogP contribution < -0.4 is 15.8 Å². The second-order valence-corrected chi connectivity index (χ2v) is 11.5. The summed E-state index contributed by atoms with van der Waals surface area (Å²) in [6.45, 7) is 1.18. The molecule has 2 aliphatic heterocycles. The quantitative estimate of drug-likeness (QED) is 0.241. The standard InChI is InChI=1S/C29H31N5O4S/c30-28(31)21-7-3-5-19(15-21)16-27(26-18-20-6-1-2-10-25(20)33-26)34-39(36,37)24-9-4-8-22(17-24)29(35)32-23-11-13-38-14-12-23/h1-10,15,17,23,27,34H,11-14,16,18H2,(H3,30,31)(H,32,35)/t27-/m0/s1. The number of amides is 1. The van der Waals surface area contributed by atoms with E-state index in [-0.39, 0.29) is 28.2 Å². The van der Waals surface area contributed by atoms with Crippen LogP contribution in [0.25, 0.3) is 0 Å². The van der Waals surface area contributed by atoms with Gasteiger partial charge in [-0.3, -0.25) is 15.2 Å². The second-order valence-electron chi connectivity index (χ2n) is 9.79. The average molecular weight is 546 g/mol. The van der Waals surface area contributed by atoms with Crippen molar-refractivity contribution in [2.45, 2.75) is 42.7 Å². The Balaban J connectivity index is 1.40. The normalized spacial score (nSPS) is 16.3. The first-order valence-corrected chi connectivity index (χ1v) is 14.4. The lowest BCUT2D eigenvalue weighted by Crippen LogP contribution is -2.42. The van der Waals surface area contributed by atoms with Gasteiger partial charge in [0, 0.05) is 42.5 Å². The number of hydrogen-bond acceptors (Lipinski definition) is 6. The van der Waals surface area contributed by atoms with Crippen LogP contribution in [0.3, 0.4) is 0 Å². The molecule has 1 amide bonds. The Labute approximate surface area is 228 Å². The topological polar surface area (TPSA) is 147 Å². The van der Waals surface area contributed by atoms with Gasteiger partial charge in [0.1, 0.15) is 5.84 Å². The van der Waals surface area contributed by atoms with Crippen molar-refractivity contribution >= 4 is 33.2 Å². The molecule has 39 heavy (non-hydrogen) atoms. The Morgan fingerprint density at radius 3 is 2.54 bits per heavy atom. The molecule has 0 bridgehead atoms. The van der Waals surface area contributed by atoms with E-state index in [1.165, 1.54) is 12.1 Å². The minimum absolute atomic E-state index is 0.000672. The van der Waals surface area contributed by atoms with Crippen LogP contribution >= 0.6 is 0 Å². The molecule has 2 aliphatic rings. The molecule has 2 heterocycles. The van der Waals surface area contributed by atoms with Gasteiger partial charge in [0.25, 0.3) is 5.91 Å². The molecule has 10 heteroatoms. The van der Waals surface area contributed by atoms with Gasteiger partial charge in [0.2, 0.25) is 10.0 Å². The van der Waals surface area contributed by atoms with Gasteiger partial charge in [-0.1, -0.05) is 42.5 Å². The number of carbonyl (C=O) groups is 1. The molecule has 1 atom stereocenters. The SMILES string of the molecule is N=C(N)c1cccc(C[C@H](NS(=O)(=O)c2cccc(C(=O)NC3CCOCC3)c2)C2=Nc3ccccc3C2)c1. The number of sulfonamides is 1. The van der Waals surface area contributed by atoms with Crippen LogP contribution in [-0.2, 0) is 27.6 Å². The van der Waals surface area contributed by atoms with Crippen molar-refractivity contribution in [2.75, 3.05) is 13.2 Å². The van der Waals surface area contributed by atoms with E-state index < -0.39 is 16.1 Å². The molecule has 0 radical (unpaired) electrons. The molecule has 0 unspecified atom stereocenters. The van der Waals surface area contributed by atoms with E-state index in [0.717, 1.165) is 29.7 Å². The Bertz CT molecular complexity index is 1530. The van der Waals surface area contributed by atoms with Crippen molar-refractivity contribution < 1.29 is 17.9 Å². The third kappa shape index (κ3) is 6.42. The van der Waals surface area contributed by atoms with Gasteiger partial charge in [-0.05, 0) is 60.7 Å². The molecule has 0 aromatic heterocycles. The van der Waals surface area contributed by atoms with E-state index in [1.54, 1.807) is 30.3 Å². The summed E-state index contributed by atoms with van der Waals surface area (Å²) in [4.78, 5) is 17.6. The summed E-state index contributed by atoms with van der Waals surface area (Å²) in [7, 11) is -4.02. The minimum atomic E-state index is -4.02. The van der Waals surface area contributed by atoms with Crippen LogP contribution in [0.5, 0.6) is 0 Å². The number of rotatable bonds is 9. The van der Waals surface area contributed by atoms with Gasteiger partial charge in [-0.25, -0.2) is 13.1 Å². The fraction of sp³-hybridized carbons (Fsp3) is 0.276. The van der Waals surface area contributed by atoms with Gasteiger partial charge < -0.3 is 15.8 Å². The zero-order chi connectivity index (χ0) is 27.4. The highest BCUT2D eigenvalue weighted by Gasteiger charge is 2.28. The van der Waals surface area contributed by atoms with Crippen molar-refractivity contribution in [3.05, 3.63) is 95.1 Å². The van der Waals surface area contributed by atoms with Crippen LogP contribution in [0.2, 0.25) is 0 Å². The van der Waals surface area contributed by atoms with Crippen LogP contribution in [0, 0.1) is 5.41 Å². The first kappa shape index (κ1) is 26.7. The highest BCUT2D eigenvalue weighted by Crippen LogP contribution is 2.28. The summed E-state index contributed by atoms with van der Waals surface area (Å²) in [5.74, 6) is -0.373. The van der Waals surface area contributed by atoms with E-state index in [9.17, 15) is 13.2 Å². The number of benzene rings is 3. The molecule has 1 fully saturated rings. The number of hydrogen-bond donors (Lipinski definition) is 4. The monoisotopic (exact) mass is 545 g/mol. The maximum atomic E-state index is 13.6. The Hall–Kier alpha value is -3.86. The Morgan fingerprint density at radius 1 is 1.03 bits per heavy atom. The number of ether oxygens (including phenoxy) is 1. The fourth-order valence-corrected chi connectivity index (χ4v) is 6.13. The molecule has 5 N–H and O–H groups in total. The lowest BCUT2D eigenvalue weighted by Gasteiger charge is -2.23. The van der Waals surface area contributed by atoms with Crippen molar-refractivity contribution in [3.8, 4) is 0 Å². The van der Waals surface area contributed by atoms with Gasteiger partial charge in [-0.2, -0.15) is 0 Å². The highest BCUT2D eigenvalue weighted by molar-refractivity contribution is 7.89. The third-order valence-corrected chi connectivity index (χ3v) is 8.44. The van der Waals surface area contributed by atoms with E-state index in [2.05, 4.69) is 10.0 Å². The molecular formula is C29H31N5O4S. The second kappa shape index (κ2) is 11.5. The largest absolute Gasteiger partial charge is 0.384 e. The fourth-order valence-electron chi connectivity index (χ4n) is 4.86. The number of nitrogens with two attached hydrogens (primary N) is 1. The van der Waals surface area contributed by atoms with Gasteiger partial charge >= 0.3 is 0 Å². The van der Waals surface area contributed by atoms with Gasteiger partial charge in [0.05, 0.1) is 16.6 Å². The number of carbonyl (C=O) groups excluding carboxylic acids is 1. The van der Waals surface area contributed by atoms with E-state index in [4.69, 9.17) is 20.9 Å². The van der Waals surface area contributed by atoms with Crippen molar-refractivity contribution in [2.24, 2.45) is 10.7 Å². The number of para-hydroxylation sites is 1. The van der Waals surface area contributed by atoms with E-state index in [1.807, 2.05) is 30.3 Å². The molecule has 0 saturated carbocycles. The van der Waals surface area contributed by atoms with Crippen molar-refractivity contribution in [1.82, 2.24) is 10.0 Å². The van der Waals surface area contributed by atoms with Gasteiger partial charge in [-0.15, -0.1) is 0 Å². The maximum Gasteiger partial charge on any atom is 0.251 e. The first-order valence-electron chi connectivity index (χ1n) is 12.9. The smallest absolute Gasteiger partial charge is 0.251 e. The predicted octanol–water partition coefficient (Wildman–Crippen LogP) is 3.10. The lowest BCUT2D eigenvalue weighted by molar-refractivity contribution is 0.0696. The lowest BCUT2D eigenvalue weighted by atomic mass is 9.98. The number of nitrogens with one attached hydrogen (secondary N) is 3. The molecule has 0 spiro atoms. The van der Waals surface area contributed by atoms with Crippen LogP contribution in [0.4, 0.5) is 5.69 Å². The molecule has 3 aromatic rings. The van der Waals surface area contributed by atoms with Crippen molar-refractivity contribution in [3.63, 3.8) is 0 Å². The molecular weight excluding hydrogens is 514 g/mol. The summed E-state index contributed by atoms with van der Waals surface area (Å²) >= 11 is 0. The summed E-state index contributed by atoms with van der Waals surface area (Å²) in [5, 5.41) is 10.7. The van der Waals surface area contributed by atoms with E-state index >= 15 is 0 Å². The molecule has 202 valence electrons. The number of fused-ring (bicyclic) bond motifs is 1. The van der Waals surface area contributed by atoms with Crippen LogP contribution in [-0.4, -0.2) is 51.2 Å². The number of aliphatic imine (C=N–C) groups is 1. The van der Waals surface area contributed by atoms with Crippen LogP contribution in [0.1, 0.15) is 39.9 Å². The van der Waals surface area contributed by atoms with Gasteiger partial charge in [0.15, 0.2) is 0 Å². The summed E-state index contributed by atoms with van der Waals surface area (Å²) in [6, 6.07) is 20.3. The molecule has 1 saturated heterocycles. The minimum Gasteiger partial charge on any atom is -0.384 e. The predicted molar refractivity (Wildman–Crippen MR) is 150 cm³/mol. The zero-order valence-corrected chi connectivity index (χ0v) is 22.2. The zero-order valence-electron chi connectivity index (χ0n) is 21.4. The Kier molecular flexibility index (Phi) is 7.87. The summed E-state index contributed by atoms with van der Waals surface area (Å²) < 4.78 is 35.5. The average Bonchev–Trinajstić information content (AvgIpc) is 3.38.